The van der Waals surface area contributed by atoms with E-state index in [1.54, 1.807) is 10.7 Å². The van der Waals surface area contributed by atoms with Gasteiger partial charge in [-0.25, -0.2) is 4.79 Å². The molecule has 0 saturated heterocycles. The van der Waals surface area contributed by atoms with Gasteiger partial charge in [-0.2, -0.15) is 5.10 Å². The number of aromatic nitrogens is 2. The van der Waals surface area contributed by atoms with Gasteiger partial charge in [-0.05, 0) is 23.1 Å². The van der Waals surface area contributed by atoms with Crippen LogP contribution in [0.4, 0.5) is 0 Å². The molecular weight excluding hydrogens is 276 g/mol. The van der Waals surface area contributed by atoms with E-state index >= 15 is 0 Å². The summed E-state index contributed by atoms with van der Waals surface area (Å²) in [6.45, 7) is 4.89. The Bertz CT molecular complexity index is 817. The summed E-state index contributed by atoms with van der Waals surface area (Å²) in [7, 11) is 0. The topological polar surface area (TPSA) is 55.1 Å². The number of hydrogen-bond acceptors (Lipinski definition) is 2. The van der Waals surface area contributed by atoms with E-state index in [2.05, 4.69) is 43.2 Å². The standard InChI is InChI=1S/C18H18N2O2/c1-12(2)14-9-7-13(8-10-14)11-20-16-6-4-3-5-15(16)17(19-20)18(21)22/h3-10,12H,11H2,1-2H3,(H,21,22). The van der Waals surface area contributed by atoms with Gasteiger partial charge in [0, 0.05) is 5.39 Å². The number of carboxylic acids is 1. The molecule has 0 fully saturated rings. The van der Waals surface area contributed by atoms with Crippen molar-refractivity contribution >= 4 is 16.9 Å². The average molecular weight is 294 g/mol. The van der Waals surface area contributed by atoms with Crippen LogP contribution in [0.25, 0.3) is 10.9 Å². The highest BCUT2D eigenvalue weighted by Gasteiger charge is 2.15. The number of carboxylic acid groups (broad SMARTS) is 1. The molecule has 0 saturated carbocycles. The van der Waals surface area contributed by atoms with E-state index in [9.17, 15) is 9.90 Å². The Labute approximate surface area is 129 Å². The van der Waals surface area contributed by atoms with E-state index in [0.29, 0.717) is 17.8 Å². The highest BCUT2D eigenvalue weighted by Crippen LogP contribution is 2.20. The summed E-state index contributed by atoms with van der Waals surface area (Å²) in [5.74, 6) is -0.497. The SMILES string of the molecule is CC(C)c1ccc(Cn2nc(C(=O)O)c3ccccc32)cc1. The van der Waals surface area contributed by atoms with Gasteiger partial charge in [0.05, 0.1) is 12.1 Å². The monoisotopic (exact) mass is 294 g/mol. The van der Waals surface area contributed by atoms with Crippen LogP contribution in [0.5, 0.6) is 0 Å². The molecule has 0 aliphatic carbocycles. The molecule has 0 spiro atoms. The number of para-hydroxylation sites is 1. The van der Waals surface area contributed by atoms with E-state index in [0.717, 1.165) is 11.1 Å². The Kier molecular flexibility index (Phi) is 3.67. The van der Waals surface area contributed by atoms with Crippen molar-refractivity contribution in [2.75, 3.05) is 0 Å². The lowest BCUT2D eigenvalue weighted by atomic mass is 10.0. The van der Waals surface area contributed by atoms with Crippen LogP contribution < -0.4 is 0 Å². The second-order valence-electron chi connectivity index (χ2n) is 5.72. The van der Waals surface area contributed by atoms with Gasteiger partial charge in [-0.1, -0.05) is 56.3 Å². The van der Waals surface area contributed by atoms with Gasteiger partial charge in [0.25, 0.3) is 0 Å². The zero-order valence-corrected chi connectivity index (χ0v) is 12.7. The molecule has 0 aliphatic rings. The van der Waals surface area contributed by atoms with E-state index in [4.69, 9.17) is 0 Å². The number of aromatic carboxylic acids is 1. The first-order chi connectivity index (χ1) is 10.6. The summed E-state index contributed by atoms with van der Waals surface area (Å²) in [6.07, 6.45) is 0. The Hall–Kier alpha value is -2.62. The zero-order chi connectivity index (χ0) is 15.7. The molecule has 1 aromatic heterocycles. The molecule has 4 nitrogen and oxygen atoms in total. The molecule has 0 radical (unpaired) electrons. The highest BCUT2D eigenvalue weighted by atomic mass is 16.4. The molecule has 0 amide bonds. The first-order valence-corrected chi connectivity index (χ1v) is 7.34. The predicted molar refractivity (Wildman–Crippen MR) is 86.3 cm³/mol. The van der Waals surface area contributed by atoms with Crippen molar-refractivity contribution in [3.8, 4) is 0 Å². The minimum atomic E-state index is -0.995. The predicted octanol–water partition coefficient (Wildman–Crippen LogP) is 3.91. The molecule has 112 valence electrons. The fourth-order valence-corrected chi connectivity index (χ4v) is 2.59. The fourth-order valence-electron chi connectivity index (χ4n) is 2.59. The molecule has 22 heavy (non-hydrogen) atoms. The summed E-state index contributed by atoms with van der Waals surface area (Å²) in [5.41, 5.74) is 3.34. The van der Waals surface area contributed by atoms with Crippen LogP contribution in [-0.4, -0.2) is 20.9 Å². The maximum Gasteiger partial charge on any atom is 0.357 e. The van der Waals surface area contributed by atoms with Crippen LogP contribution in [0.3, 0.4) is 0 Å². The summed E-state index contributed by atoms with van der Waals surface area (Å²) in [5, 5.41) is 14.2. The van der Waals surface area contributed by atoms with Gasteiger partial charge in [-0.15, -0.1) is 0 Å². The normalized spacial score (nSPS) is 11.2. The van der Waals surface area contributed by atoms with Crippen molar-refractivity contribution < 1.29 is 9.90 Å². The van der Waals surface area contributed by atoms with Crippen molar-refractivity contribution in [2.24, 2.45) is 0 Å². The van der Waals surface area contributed by atoms with Crippen molar-refractivity contribution in [1.29, 1.82) is 0 Å². The van der Waals surface area contributed by atoms with Gasteiger partial charge in [-0.3, -0.25) is 4.68 Å². The number of fused-ring (bicyclic) bond motifs is 1. The third-order valence-corrected chi connectivity index (χ3v) is 3.84. The van der Waals surface area contributed by atoms with E-state index < -0.39 is 5.97 Å². The van der Waals surface area contributed by atoms with Crippen LogP contribution in [-0.2, 0) is 6.54 Å². The van der Waals surface area contributed by atoms with Gasteiger partial charge >= 0.3 is 5.97 Å². The molecule has 4 heteroatoms. The zero-order valence-electron chi connectivity index (χ0n) is 12.7. The summed E-state index contributed by atoms with van der Waals surface area (Å²) in [4.78, 5) is 11.3. The Morgan fingerprint density at radius 2 is 1.82 bits per heavy atom. The molecular formula is C18H18N2O2. The highest BCUT2D eigenvalue weighted by molar-refractivity contribution is 6.01. The van der Waals surface area contributed by atoms with E-state index in [-0.39, 0.29) is 5.69 Å². The number of hydrogen-bond donors (Lipinski definition) is 1. The number of rotatable bonds is 4. The van der Waals surface area contributed by atoms with Crippen molar-refractivity contribution in [2.45, 2.75) is 26.3 Å². The van der Waals surface area contributed by atoms with Crippen LogP contribution >= 0.6 is 0 Å². The molecule has 0 aliphatic heterocycles. The van der Waals surface area contributed by atoms with Crippen molar-refractivity contribution in [3.05, 3.63) is 65.4 Å². The lowest BCUT2D eigenvalue weighted by molar-refractivity contribution is 0.0691. The van der Waals surface area contributed by atoms with Crippen molar-refractivity contribution in [1.82, 2.24) is 9.78 Å². The average Bonchev–Trinajstić information content (AvgIpc) is 2.87. The minimum absolute atomic E-state index is 0.106. The summed E-state index contributed by atoms with van der Waals surface area (Å²) in [6, 6.07) is 15.8. The van der Waals surface area contributed by atoms with Crippen molar-refractivity contribution in [3.63, 3.8) is 0 Å². The second-order valence-corrected chi connectivity index (χ2v) is 5.72. The first-order valence-electron chi connectivity index (χ1n) is 7.34. The van der Waals surface area contributed by atoms with Crippen LogP contribution in [0.15, 0.2) is 48.5 Å². The van der Waals surface area contributed by atoms with E-state index in [1.165, 1.54) is 5.56 Å². The lowest BCUT2D eigenvalue weighted by Crippen LogP contribution is -2.04. The maximum atomic E-state index is 11.3. The third kappa shape index (κ3) is 2.60. The molecule has 1 N–H and O–H groups in total. The Morgan fingerprint density at radius 1 is 1.14 bits per heavy atom. The van der Waals surface area contributed by atoms with Gasteiger partial charge < -0.3 is 5.11 Å². The molecule has 3 aromatic rings. The van der Waals surface area contributed by atoms with Crippen LogP contribution in [0.1, 0.15) is 41.4 Å². The Balaban J connectivity index is 1.98. The second kappa shape index (κ2) is 5.64. The fraction of sp³-hybridized carbons (Fsp3) is 0.222. The largest absolute Gasteiger partial charge is 0.476 e. The van der Waals surface area contributed by atoms with E-state index in [1.807, 2.05) is 18.2 Å². The van der Waals surface area contributed by atoms with Crippen LogP contribution in [0, 0.1) is 0 Å². The molecule has 0 unspecified atom stereocenters. The lowest BCUT2D eigenvalue weighted by Gasteiger charge is -2.08. The number of benzene rings is 2. The Morgan fingerprint density at radius 3 is 2.45 bits per heavy atom. The smallest absolute Gasteiger partial charge is 0.357 e. The number of carbonyl (C=O) groups is 1. The summed E-state index contributed by atoms with van der Waals surface area (Å²) < 4.78 is 1.75. The summed E-state index contributed by atoms with van der Waals surface area (Å²) >= 11 is 0. The van der Waals surface area contributed by atoms with Gasteiger partial charge in [0.15, 0.2) is 5.69 Å². The molecule has 0 atom stereocenters. The third-order valence-electron chi connectivity index (χ3n) is 3.84. The molecule has 0 bridgehead atoms. The first kappa shape index (κ1) is 14.3. The quantitative estimate of drug-likeness (QED) is 0.793. The molecule has 3 rings (SSSR count). The maximum absolute atomic E-state index is 11.3. The van der Waals surface area contributed by atoms with Gasteiger partial charge in [0.1, 0.15) is 0 Å². The number of nitrogens with zero attached hydrogens (tertiary/aromatic N) is 2. The van der Waals surface area contributed by atoms with Crippen LogP contribution in [0.2, 0.25) is 0 Å². The minimum Gasteiger partial charge on any atom is -0.476 e. The molecule has 2 aromatic carbocycles. The molecule has 1 heterocycles. The van der Waals surface area contributed by atoms with Gasteiger partial charge in [0.2, 0.25) is 0 Å².